The van der Waals surface area contributed by atoms with Crippen molar-refractivity contribution in [3.63, 3.8) is 0 Å². The molecule has 0 spiro atoms. The Morgan fingerprint density at radius 2 is 0.897 bits per heavy atom. The molecule has 0 amide bonds. The standard InChI is InChI=1S/C32H20F2N4.Co/c33-21-5-1-19(2-6-21)31-27-13-9-23(35-27)17-25-11-15-29(37-25)32(20-3-7-22(34)8-4-20)30-16-12-26(38-30)18-24-10-14-28(31)36-24;/h1-18,35,38H;/q;+2. The summed E-state index contributed by atoms with van der Waals surface area (Å²) < 4.78 is 27.4. The van der Waals surface area contributed by atoms with Crippen LogP contribution in [-0.2, 0) is 16.8 Å². The maximum atomic E-state index is 13.7. The third-order valence-corrected chi connectivity index (χ3v) is 6.66. The zero-order chi connectivity index (χ0) is 25.6. The summed E-state index contributed by atoms with van der Waals surface area (Å²) in [6, 6.07) is 24.8. The molecule has 2 N–H and O–H groups in total. The van der Waals surface area contributed by atoms with E-state index in [1.807, 2.05) is 60.7 Å². The predicted octanol–water partition coefficient (Wildman–Crippen LogP) is 8.27. The van der Waals surface area contributed by atoms with Gasteiger partial charge in [0.05, 0.1) is 22.8 Å². The van der Waals surface area contributed by atoms with Gasteiger partial charge in [0.2, 0.25) is 0 Å². The van der Waals surface area contributed by atoms with Gasteiger partial charge in [0.1, 0.15) is 11.6 Å². The molecule has 0 unspecified atom stereocenters. The molecular weight excluding hydrogens is 537 g/mol. The molecule has 8 bridgehead atoms. The zero-order valence-electron chi connectivity index (χ0n) is 20.4. The number of hydrogen-bond donors (Lipinski definition) is 2. The maximum absolute atomic E-state index is 13.7. The molecule has 2 aliphatic rings. The molecule has 39 heavy (non-hydrogen) atoms. The van der Waals surface area contributed by atoms with Gasteiger partial charge in [-0.1, -0.05) is 24.3 Å². The maximum Gasteiger partial charge on any atom is 2.00 e. The Kier molecular flexibility index (Phi) is 6.30. The largest absolute Gasteiger partial charge is 2.00 e. The van der Waals surface area contributed by atoms with E-state index in [4.69, 9.17) is 9.97 Å². The monoisotopic (exact) mass is 557 g/mol. The SMILES string of the molecule is Fc1ccc(-c2c3nc(cc4ccc([nH]4)c(-c4ccc(F)cc4)c4nc(cc5ccc2[nH]5)C=C4)C=C3)cc1.[Co+2]. The van der Waals surface area contributed by atoms with Crippen molar-refractivity contribution in [2.45, 2.75) is 0 Å². The minimum atomic E-state index is -0.287. The quantitative estimate of drug-likeness (QED) is 0.225. The molecule has 0 atom stereocenters. The van der Waals surface area contributed by atoms with Crippen molar-refractivity contribution in [3.05, 3.63) is 119 Å². The Bertz CT molecular complexity index is 1790. The first kappa shape index (κ1) is 24.7. The van der Waals surface area contributed by atoms with E-state index in [1.165, 1.54) is 24.3 Å². The fourth-order valence-corrected chi connectivity index (χ4v) is 4.91. The number of nitrogens with zero attached hydrogens (tertiary/aromatic N) is 2. The van der Waals surface area contributed by atoms with E-state index >= 15 is 0 Å². The summed E-state index contributed by atoms with van der Waals surface area (Å²) in [6.07, 6.45) is 7.86. The number of rotatable bonds is 2. The molecule has 5 heterocycles. The number of benzene rings is 2. The van der Waals surface area contributed by atoms with Crippen molar-refractivity contribution in [2.75, 3.05) is 0 Å². The van der Waals surface area contributed by atoms with Gasteiger partial charge in [0.25, 0.3) is 0 Å². The van der Waals surface area contributed by atoms with Crippen LogP contribution in [0.4, 0.5) is 8.78 Å². The number of halogens is 2. The minimum absolute atomic E-state index is 0. The molecule has 5 aromatic rings. The summed E-state index contributed by atoms with van der Waals surface area (Å²) >= 11 is 0. The van der Waals surface area contributed by atoms with Crippen LogP contribution >= 0.6 is 0 Å². The van der Waals surface area contributed by atoms with Crippen molar-refractivity contribution in [1.29, 1.82) is 0 Å². The Morgan fingerprint density at radius 1 is 0.487 bits per heavy atom. The van der Waals surface area contributed by atoms with Gasteiger partial charge in [-0.05, 0) is 96.1 Å². The number of aromatic nitrogens is 4. The van der Waals surface area contributed by atoms with Gasteiger partial charge in [-0.3, -0.25) is 0 Å². The molecule has 0 saturated carbocycles. The molecule has 7 heteroatoms. The second-order valence-corrected chi connectivity index (χ2v) is 9.22. The van der Waals surface area contributed by atoms with Crippen LogP contribution in [0, 0.1) is 11.6 Å². The van der Waals surface area contributed by atoms with Gasteiger partial charge in [-0.15, -0.1) is 0 Å². The normalized spacial score (nSPS) is 11.9. The third-order valence-electron chi connectivity index (χ3n) is 6.66. The van der Waals surface area contributed by atoms with Gasteiger partial charge in [0, 0.05) is 33.2 Å². The number of aromatic amines is 2. The van der Waals surface area contributed by atoms with Crippen LogP contribution in [0.25, 0.3) is 68.6 Å². The molecule has 0 aliphatic carbocycles. The average molecular weight is 557 g/mol. The van der Waals surface area contributed by atoms with Gasteiger partial charge >= 0.3 is 16.8 Å². The van der Waals surface area contributed by atoms with E-state index in [0.29, 0.717) is 0 Å². The van der Waals surface area contributed by atoms with Crippen molar-refractivity contribution >= 4 is 46.4 Å². The first-order chi connectivity index (χ1) is 18.6. The number of fused-ring (bicyclic) bond motifs is 8. The number of nitrogens with one attached hydrogen (secondary N) is 2. The molecule has 7 rings (SSSR count). The predicted molar refractivity (Wildman–Crippen MR) is 150 cm³/mol. The molecule has 2 aliphatic heterocycles. The van der Waals surface area contributed by atoms with Crippen LogP contribution in [0.2, 0.25) is 0 Å². The fraction of sp³-hybridized carbons (Fsp3) is 0. The van der Waals surface area contributed by atoms with E-state index in [1.54, 1.807) is 24.3 Å². The van der Waals surface area contributed by atoms with E-state index in [0.717, 1.165) is 67.1 Å². The first-order valence-electron chi connectivity index (χ1n) is 12.2. The minimum Gasteiger partial charge on any atom is -0.355 e. The van der Waals surface area contributed by atoms with Gasteiger partial charge < -0.3 is 9.97 Å². The topological polar surface area (TPSA) is 57.4 Å². The van der Waals surface area contributed by atoms with Gasteiger partial charge in [-0.25, -0.2) is 18.7 Å². The molecular formula is C32H20CoF2N4+2. The summed E-state index contributed by atoms with van der Waals surface area (Å²) in [5.74, 6) is -0.574. The summed E-state index contributed by atoms with van der Waals surface area (Å²) in [7, 11) is 0. The molecule has 0 saturated heterocycles. The summed E-state index contributed by atoms with van der Waals surface area (Å²) in [5.41, 5.74) is 10.1. The molecule has 2 aromatic carbocycles. The van der Waals surface area contributed by atoms with Crippen LogP contribution in [0.15, 0.2) is 84.9 Å². The Hall–Kier alpha value is -4.59. The molecule has 0 fully saturated rings. The summed E-state index contributed by atoms with van der Waals surface area (Å²) in [4.78, 5) is 16.7. The first-order valence-corrected chi connectivity index (χ1v) is 12.2. The second kappa shape index (κ2) is 9.94. The summed E-state index contributed by atoms with van der Waals surface area (Å²) in [6.45, 7) is 0. The van der Waals surface area contributed by atoms with E-state index in [9.17, 15) is 8.78 Å². The smallest absolute Gasteiger partial charge is 0.355 e. The van der Waals surface area contributed by atoms with Crippen LogP contribution in [-0.4, -0.2) is 19.9 Å². The molecule has 4 nitrogen and oxygen atoms in total. The fourth-order valence-electron chi connectivity index (χ4n) is 4.91. The summed E-state index contributed by atoms with van der Waals surface area (Å²) in [5, 5.41) is 0. The van der Waals surface area contributed by atoms with Crippen LogP contribution in [0.3, 0.4) is 0 Å². The second-order valence-electron chi connectivity index (χ2n) is 9.22. The van der Waals surface area contributed by atoms with Crippen LogP contribution in [0.1, 0.15) is 22.8 Å². The Balaban J connectivity index is 0.00000277. The van der Waals surface area contributed by atoms with Gasteiger partial charge in [-0.2, -0.15) is 0 Å². The van der Waals surface area contributed by atoms with Crippen LogP contribution in [0.5, 0.6) is 0 Å². The Labute approximate surface area is 233 Å². The van der Waals surface area contributed by atoms with Crippen molar-refractivity contribution in [2.24, 2.45) is 0 Å². The van der Waals surface area contributed by atoms with E-state index < -0.39 is 0 Å². The molecule has 3 aromatic heterocycles. The third kappa shape index (κ3) is 4.74. The van der Waals surface area contributed by atoms with Crippen molar-refractivity contribution in [1.82, 2.24) is 19.9 Å². The van der Waals surface area contributed by atoms with Crippen molar-refractivity contribution < 1.29 is 25.6 Å². The number of hydrogen-bond acceptors (Lipinski definition) is 2. The Morgan fingerprint density at radius 3 is 1.31 bits per heavy atom. The molecule has 1 radical (unpaired) electrons. The number of H-pyrrole nitrogens is 2. The van der Waals surface area contributed by atoms with E-state index in [-0.39, 0.29) is 28.4 Å². The zero-order valence-corrected chi connectivity index (χ0v) is 21.4. The van der Waals surface area contributed by atoms with Crippen LogP contribution < -0.4 is 0 Å². The molecule has 189 valence electrons. The van der Waals surface area contributed by atoms with E-state index in [2.05, 4.69) is 9.97 Å². The van der Waals surface area contributed by atoms with Crippen molar-refractivity contribution in [3.8, 4) is 22.3 Å². The average Bonchev–Trinajstić information content (AvgIpc) is 3.72. The van der Waals surface area contributed by atoms with Gasteiger partial charge in [0.15, 0.2) is 0 Å².